The van der Waals surface area contributed by atoms with Crippen LogP contribution in [0.2, 0.25) is 0 Å². The number of alkyl halides is 1. The Hall–Kier alpha value is -2.26. The fourth-order valence-electron chi connectivity index (χ4n) is 2.12. The molecule has 0 saturated carbocycles. The van der Waals surface area contributed by atoms with E-state index in [9.17, 15) is 9.59 Å². The highest BCUT2D eigenvalue weighted by Crippen LogP contribution is 2.26. The summed E-state index contributed by atoms with van der Waals surface area (Å²) >= 11 is 5.68. The van der Waals surface area contributed by atoms with Crippen LogP contribution in [0, 0.1) is 18.4 Å². The van der Waals surface area contributed by atoms with E-state index in [-0.39, 0.29) is 12.5 Å². The van der Waals surface area contributed by atoms with Crippen LogP contribution in [0.15, 0.2) is 18.2 Å². The van der Waals surface area contributed by atoms with Crippen LogP contribution in [-0.4, -0.2) is 36.6 Å². The molecule has 0 aromatic heterocycles. The fourth-order valence-corrected chi connectivity index (χ4v) is 2.26. The number of halogens is 1. The van der Waals surface area contributed by atoms with Gasteiger partial charge in [0.15, 0.2) is 6.19 Å². The molecule has 0 radical (unpaired) electrons. The molecule has 0 unspecified atom stereocenters. The van der Waals surface area contributed by atoms with Crippen molar-refractivity contribution in [3.63, 3.8) is 0 Å². The number of nitriles is 1. The van der Waals surface area contributed by atoms with E-state index < -0.39 is 12.0 Å². The summed E-state index contributed by atoms with van der Waals surface area (Å²) < 4.78 is 4.53. The lowest BCUT2D eigenvalue weighted by Crippen LogP contribution is -2.43. The fraction of sp³-hybridized carbons (Fsp3) is 0.400. The molecule has 1 aromatic carbocycles. The standard InChI is InChI=1S/C15H18ClN3O3/c1-4-12-7-5-6-11(2)14(12)19(13(20)8-16)10-18(9-17)15(21)22-3/h5-7H,4,8,10H2,1-3H3. The maximum Gasteiger partial charge on any atom is 0.424 e. The zero-order valence-corrected chi connectivity index (χ0v) is 13.6. The molecule has 0 fully saturated rings. The predicted molar refractivity (Wildman–Crippen MR) is 83.5 cm³/mol. The Morgan fingerprint density at radius 2 is 2.09 bits per heavy atom. The van der Waals surface area contributed by atoms with Gasteiger partial charge in [-0.3, -0.25) is 9.69 Å². The van der Waals surface area contributed by atoms with E-state index in [0.29, 0.717) is 12.1 Å². The topological polar surface area (TPSA) is 73.6 Å². The van der Waals surface area contributed by atoms with Gasteiger partial charge in [0.05, 0.1) is 12.8 Å². The zero-order valence-electron chi connectivity index (χ0n) is 12.8. The average Bonchev–Trinajstić information content (AvgIpc) is 2.55. The van der Waals surface area contributed by atoms with Crippen molar-refractivity contribution in [2.75, 3.05) is 24.6 Å². The molecule has 6 nitrogen and oxygen atoms in total. The number of carbonyl (C=O) groups excluding carboxylic acids is 2. The zero-order chi connectivity index (χ0) is 16.7. The third-order valence-electron chi connectivity index (χ3n) is 3.19. The average molecular weight is 324 g/mol. The summed E-state index contributed by atoms with van der Waals surface area (Å²) in [5.41, 5.74) is 2.46. The van der Waals surface area contributed by atoms with Crippen LogP contribution in [-0.2, 0) is 16.0 Å². The number of nitrogens with zero attached hydrogens (tertiary/aromatic N) is 3. The van der Waals surface area contributed by atoms with Crippen LogP contribution < -0.4 is 4.90 Å². The van der Waals surface area contributed by atoms with Crippen LogP contribution >= 0.6 is 11.6 Å². The van der Waals surface area contributed by atoms with E-state index in [0.717, 1.165) is 16.0 Å². The Balaban J connectivity index is 3.29. The van der Waals surface area contributed by atoms with Crippen LogP contribution in [0.3, 0.4) is 0 Å². The first-order valence-electron chi connectivity index (χ1n) is 6.70. The number of amides is 2. The summed E-state index contributed by atoms with van der Waals surface area (Å²) in [5, 5.41) is 9.08. The number of methoxy groups -OCH3 is 1. The number of hydrogen-bond donors (Lipinski definition) is 0. The Bertz CT molecular complexity index is 598. The van der Waals surface area contributed by atoms with Gasteiger partial charge in [0.2, 0.25) is 5.91 Å². The molecule has 0 aliphatic heterocycles. The SMILES string of the molecule is CCc1cccc(C)c1N(CN(C#N)C(=O)OC)C(=O)CCl. The second-order valence-electron chi connectivity index (χ2n) is 4.53. The third-order valence-corrected chi connectivity index (χ3v) is 3.41. The van der Waals surface area contributed by atoms with Crippen molar-refractivity contribution < 1.29 is 14.3 Å². The molecule has 0 bridgehead atoms. The van der Waals surface area contributed by atoms with Gasteiger partial charge in [-0.1, -0.05) is 25.1 Å². The first-order chi connectivity index (χ1) is 10.5. The van der Waals surface area contributed by atoms with Crippen molar-refractivity contribution in [2.45, 2.75) is 20.3 Å². The highest BCUT2D eigenvalue weighted by Gasteiger charge is 2.25. The summed E-state index contributed by atoms with van der Waals surface area (Å²) in [5.74, 6) is -0.646. The minimum Gasteiger partial charge on any atom is -0.452 e. The first kappa shape index (κ1) is 17.8. The maximum absolute atomic E-state index is 12.2. The van der Waals surface area contributed by atoms with Crippen LogP contribution in [0.5, 0.6) is 0 Å². The van der Waals surface area contributed by atoms with Gasteiger partial charge in [-0.2, -0.15) is 10.2 Å². The summed E-state index contributed by atoms with van der Waals surface area (Å²) in [4.78, 5) is 25.9. The van der Waals surface area contributed by atoms with E-state index in [1.165, 1.54) is 12.0 Å². The summed E-state index contributed by atoms with van der Waals surface area (Å²) in [7, 11) is 1.17. The Kier molecular flexibility index (Phi) is 6.67. The molecule has 0 aliphatic carbocycles. The van der Waals surface area contributed by atoms with Crippen molar-refractivity contribution >= 4 is 29.3 Å². The number of anilines is 1. The molecule has 0 spiro atoms. The Morgan fingerprint density at radius 1 is 1.41 bits per heavy atom. The molecule has 0 atom stereocenters. The van der Waals surface area contributed by atoms with Gasteiger partial charge >= 0.3 is 6.09 Å². The van der Waals surface area contributed by atoms with Crippen molar-refractivity contribution in [3.8, 4) is 6.19 Å². The van der Waals surface area contributed by atoms with Crippen molar-refractivity contribution in [2.24, 2.45) is 0 Å². The predicted octanol–water partition coefficient (Wildman–Crippen LogP) is 2.64. The lowest BCUT2D eigenvalue weighted by molar-refractivity contribution is -0.116. The van der Waals surface area contributed by atoms with Gasteiger partial charge in [-0.15, -0.1) is 11.6 Å². The molecule has 0 heterocycles. The molecule has 0 aliphatic rings. The molecule has 1 rings (SSSR count). The monoisotopic (exact) mass is 323 g/mol. The number of hydrogen-bond acceptors (Lipinski definition) is 4. The molecule has 2 amide bonds. The smallest absolute Gasteiger partial charge is 0.424 e. The molecule has 1 aromatic rings. The second-order valence-corrected chi connectivity index (χ2v) is 4.80. The summed E-state index contributed by atoms with van der Waals surface area (Å²) in [6.45, 7) is 3.58. The van der Waals surface area contributed by atoms with Gasteiger partial charge in [0.25, 0.3) is 0 Å². The number of ether oxygens (including phenoxy) is 1. The highest BCUT2D eigenvalue weighted by atomic mass is 35.5. The van der Waals surface area contributed by atoms with Crippen molar-refractivity contribution in [3.05, 3.63) is 29.3 Å². The van der Waals surface area contributed by atoms with Gasteiger partial charge in [0.1, 0.15) is 12.5 Å². The van der Waals surface area contributed by atoms with Crippen molar-refractivity contribution in [1.29, 1.82) is 5.26 Å². The molecular formula is C15H18ClN3O3. The van der Waals surface area contributed by atoms with Crippen LogP contribution in [0.4, 0.5) is 10.5 Å². The van der Waals surface area contributed by atoms with E-state index in [1.807, 2.05) is 32.0 Å². The number of carbonyl (C=O) groups is 2. The van der Waals surface area contributed by atoms with Gasteiger partial charge in [-0.25, -0.2) is 4.79 Å². The molecule has 22 heavy (non-hydrogen) atoms. The molecule has 0 N–H and O–H groups in total. The highest BCUT2D eigenvalue weighted by molar-refractivity contribution is 6.29. The minimum atomic E-state index is -0.832. The lowest BCUT2D eigenvalue weighted by Gasteiger charge is -2.28. The second kappa shape index (κ2) is 8.25. The van der Waals surface area contributed by atoms with E-state index in [1.54, 1.807) is 6.19 Å². The maximum atomic E-state index is 12.2. The summed E-state index contributed by atoms with van der Waals surface area (Å²) in [6.07, 6.45) is 1.58. The molecular weight excluding hydrogens is 306 g/mol. The number of rotatable bonds is 5. The Morgan fingerprint density at radius 3 is 2.59 bits per heavy atom. The van der Waals surface area contributed by atoms with E-state index in [4.69, 9.17) is 16.9 Å². The van der Waals surface area contributed by atoms with E-state index >= 15 is 0 Å². The van der Waals surface area contributed by atoms with Crippen molar-refractivity contribution in [1.82, 2.24) is 4.90 Å². The Labute approximate surface area is 134 Å². The largest absolute Gasteiger partial charge is 0.452 e. The lowest BCUT2D eigenvalue weighted by atomic mass is 10.0. The van der Waals surface area contributed by atoms with Crippen LogP contribution in [0.1, 0.15) is 18.1 Å². The third kappa shape index (κ3) is 3.89. The molecule has 7 heteroatoms. The summed E-state index contributed by atoms with van der Waals surface area (Å²) in [6, 6.07) is 5.65. The normalized spacial score (nSPS) is 9.77. The van der Waals surface area contributed by atoms with Gasteiger partial charge in [0, 0.05) is 0 Å². The minimum absolute atomic E-state index is 0.243. The quantitative estimate of drug-likeness (QED) is 0.361. The van der Waals surface area contributed by atoms with Gasteiger partial charge < -0.3 is 4.74 Å². The molecule has 0 saturated heterocycles. The number of para-hydroxylation sites is 1. The van der Waals surface area contributed by atoms with E-state index in [2.05, 4.69) is 4.74 Å². The number of aryl methyl sites for hydroxylation is 2. The van der Waals surface area contributed by atoms with Crippen LogP contribution in [0.25, 0.3) is 0 Å². The first-order valence-corrected chi connectivity index (χ1v) is 7.23. The molecule has 118 valence electrons. The number of benzene rings is 1. The van der Waals surface area contributed by atoms with Gasteiger partial charge in [-0.05, 0) is 24.5 Å².